The number of rotatable bonds is 11. The van der Waals surface area contributed by atoms with Crippen LogP contribution in [0.4, 0.5) is 9.80 Å². The number of amides is 2. The highest BCUT2D eigenvalue weighted by Gasteiger charge is 2.22. The summed E-state index contributed by atoms with van der Waals surface area (Å²) in [5.74, 6) is -0.257. The van der Waals surface area contributed by atoms with E-state index in [1.165, 1.54) is 11.8 Å². The molecule has 0 saturated carbocycles. The summed E-state index contributed by atoms with van der Waals surface area (Å²) in [7, 11) is 1.59. The van der Waals surface area contributed by atoms with Crippen LogP contribution >= 0.6 is 23.3 Å². The second-order valence-electron chi connectivity index (χ2n) is 4.78. The summed E-state index contributed by atoms with van der Waals surface area (Å²) >= 11 is 2.41. The summed E-state index contributed by atoms with van der Waals surface area (Å²) in [6, 6.07) is -0.435. The van der Waals surface area contributed by atoms with Crippen molar-refractivity contribution in [2.24, 2.45) is 0 Å². The molecule has 2 amide bonds. The van der Waals surface area contributed by atoms with Crippen molar-refractivity contribution in [2.45, 2.75) is 37.6 Å². The SMILES string of the molecule is CCCCCSc1nsc(NC(=O)NCCCOC)c1C(=O)O. The van der Waals surface area contributed by atoms with Crippen LogP contribution in [-0.2, 0) is 4.74 Å². The van der Waals surface area contributed by atoms with Crippen LogP contribution in [0.25, 0.3) is 0 Å². The lowest BCUT2D eigenvalue weighted by atomic mass is 10.3. The van der Waals surface area contributed by atoms with Crippen LogP contribution in [0.1, 0.15) is 43.0 Å². The van der Waals surface area contributed by atoms with E-state index in [1.807, 2.05) is 0 Å². The maximum absolute atomic E-state index is 11.8. The minimum Gasteiger partial charge on any atom is -0.477 e. The molecule has 0 aliphatic rings. The molecule has 0 aliphatic carbocycles. The van der Waals surface area contributed by atoms with Crippen molar-refractivity contribution < 1.29 is 19.4 Å². The Balaban J connectivity index is 2.59. The molecular weight excluding hydrogens is 338 g/mol. The lowest BCUT2D eigenvalue weighted by molar-refractivity contribution is 0.0694. The number of hydrogen-bond donors (Lipinski definition) is 3. The second kappa shape index (κ2) is 11.3. The Bertz CT molecular complexity index is 508. The summed E-state index contributed by atoms with van der Waals surface area (Å²) in [6.07, 6.45) is 3.92. The van der Waals surface area contributed by atoms with E-state index >= 15 is 0 Å². The minimum absolute atomic E-state index is 0.0727. The van der Waals surface area contributed by atoms with Gasteiger partial charge in [0.15, 0.2) is 0 Å². The van der Waals surface area contributed by atoms with Crippen LogP contribution < -0.4 is 10.6 Å². The van der Waals surface area contributed by atoms with Gasteiger partial charge in [-0.25, -0.2) is 9.59 Å². The Hall–Kier alpha value is -1.32. The van der Waals surface area contributed by atoms with E-state index in [4.69, 9.17) is 4.74 Å². The molecule has 0 spiro atoms. The number of hydrogen-bond acceptors (Lipinski definition) is 6. The number of aromatic carboxylic acids is 1. The van der Waals surface area contributed by atoms with Gasteiger partial charge in [-0.05, 0) is 30.1 Å². The Morgan fingerprint density at radius 2 is 2.13 bits per heavy atom. The molecule has 0 bridgehead atoms. The zero-order valence-corrected chi connectivity index (χ0v) is 15.0. The van der Waals surface area contributed by atoms with Crippen LogP contribution in [0.5, 0.6) is 0 Å². The maximum Gasteiger partial charge on any atom is 0.341 e. The molecule has 9 heteroatoms. The van der Waals surface area contributed by atoms with Crippen molar-refractivity contribution in [3.63, 3.8) is 0 Å². The highest BCUT2D eigenvalue weighted by atomic mass is 32.2. The number of urea groups is 1. The normalized spacial score (nSPS) is 10.5. The number of carboxylic acids is 1. The summed E-state index contributed by atoms with van der Waals surface area (Å²) in [5, 5.41) is 15.3. The minimum atomic E-state index is -1.08. The van der Waals surface area contributed by atoms with E-state index < -0.39 is 12.0 Å². The molecule has 130 valence electrons. The van der Waals surface area contributed by atoms with Crippen LogP contribution in [-0.4, -0.2) is 47.5 Å². The van der Waals surface area contributed by atoms with Gasteiger partial charge in [-0.3, -0.25) is 5.32 Å². The monoisotopic (exact) mass is 361 g/mol. The maximum atomic E-state index is 11.8. The Kier molecular flexibility index (Phi) is 9.65. The van der Waals surface area contributed by atoms with Gasteiger partial charge in [0.25, 0.3) is 0 Å². The quantitative estimate of drug-likeness (QED) is 0.413. The molecule has 0 aromatic carbocycles. The first-order valence-electron chi connectivity index (χ1n) is 7.49. The second-order valence-corrected chi connectivity index (χ2v) is 6.64. The molecule has 23 heavy (non-hydrogen) atoms. The molecule has 0 fully saturated rings. The third-order valence-electron chi connectivity index (χ3n) is 2.90. The molecule has 0 saturated heterocycles. The van der Waals surface area contributed by atoms with E-state index in [1.54, 1.807) is 7.11 Å². The first-order valence-corrected chi connectivity index (χ1v) is 9.25. The molecule has 1 rings (SSSR count). The fourth-order valence-electron chi connectivity index (χ4n) is 1.73. The number of nitrogens with zero attached hydrogens (tertiary/aromatic N) is 1. The predicted molar refractivity (Wildman–Crippen MR) is 92.8 cm³/mol. The Morgan fingerprint density at radius 1 is 1.35 bits per heavy atom. The fraction of sp³-hybridized carbons (Fsp3) is 0.643. The third-order valence-corrected chi connectivity index (χ3v) is 4.84. The standard InChI is InChI=1S/C14H23N3O4S2/c1-3-4-5-9-22-12-10(13(18)19)11(23-17-12)16-14(20)15-7-6-8-21-2/h3-9H2,1-2H3,(H,18,19)(H2,15,16,20). The van der Waals surface area contributed by atoms with Gasteiger partial charge in [0.1, 0.15) is 15.6 Å². The largest absolute Gasteiger partial charge is 0.477 e. The van der Waals surface area contributed by atoms with E-state index in [-0.39, 0.29) is 10.6 Å². The van der Waals surface area contributed by atoms with Crippen LogP contribution in [0.15, 0.2) is 5.03 Å². The number of thioether (sulfide) groups is 1. The average Bonchev–Trinajstić information content (AvgIpc) is 2.91. The van der Waals surface area contributed by atoms with Gasteiger partial charge >= 0.3 is 12.0 Å². The number of ether oxygens (including phenoxy) is 1. The number of carbonyl (C=O) groups is 2. The number of aromatic nitrogens is 1. The molecule has 3 N–H and O–H groups in total. The van der Waals surface area contributed by atoms with Crippen LogP contribution in [0.3, 0.4) is 0 Å². The van der Waals surface area contributed by atoms with E-state index in [0.717, 1.165) is 36.5 Å². The van der Waals surface area contributed by atoms with Crippen molar-refractivity contribution in [2.75, 3.05) is 31.3 Å². The lowest BCUT2D eigenvalue weighted by Crippen LogP contribution is -2.30. The number of carboxylic acid groups (broad SMARTS) is 1. The fourth-order valence-corrected chi connectivity index (χ4v) is 3.68. The van der Waals surface area contributed by atoms with E-state index in [2.05, 4.69) is 21.9 Å². The number of carbonyl (C=O) groups excluding carboxylic acids is 1. The molecule has 1 heterocycles. The van der Waals surface area contributed by atoms with Crippen molar-refractivity contribution in [3.05, 3.63) is 5.56 Å². The highest BCUT2D eigenvalue weighted by Crippen LogP contribution is 2.32. The van der Waals surface area contributed by atoms with Crippen molar-refractivity contribution in [3.8, 4) is 0 Å². The van der Waals surface area contributed by atoms with E-state index in [0.29, 0.717) is 24.6 Å². The van der Waals surface area contributed by atoms with Gasteiger partial charge in [-0.1, -0.05) is 19.8 Å². The number of nitrogens with one attached hydrogen (secondary N) is 2. The summed E-state index contributed by atoms with van der Waals surface area (Å²) in [5.41, 5.74) is 0.0727. The summed E-state index contributed by atoms with van der Waals surface area (Å²) in [4.78, 5) is 23.2. The average molecular weight is 361 g/mol. The van der Waals surface area contributed by atoms with Gasteiger partial charge in [-0.15, -0.1) is 11.8 Å². The van der Waals surface area contributed by atoms with Gasteiger partial charge in [0.05, 0.1) is 0 Å². The summed E-state index contributed by atoms with van der Waals surface area (Å²) in [6.45, 7) is 3.13. The van der Waals surface area contributed by atoms with Crippen LogP contribution in [0.2, 0.25) is 0 Å². The number of unbranched alkanes of at least 4 members (excludes halogenated alkanes) is 2. The molecule has 0 radical (unpaired) electrons. The van der Waals surface area contributed by atoms with E-state index in [9.17, 15) is 14.7 Å². The van der Waals surface area contributed by atoms with Gasteiger partial charge in [-0.2, -0.15) is 4.37 Å². The molecule has 0 aliphatic heterocycles. The Labute approximate surface area is 144 Å². The molecular formula is C14H23N3O4S2. The summed E-state index contributed by atoms with van der Waals surface area (Å²) < 4.78 is 9.05. The highest BCUT2D eigenvalue weighted by molar-refractivity contribution is 7.99. The smallest absolute Gasteiger partial charge is 0.341 e. The first-order chi connectivity index (χ1) is 11.1. The van der Waals surface area contributed by atoms with Crippen molar-refractivity contribution >= 4 is 40.3 Å². The molecule has 7 nitrogen and oxygen atoms in total. The zero-order valence-electron chi connectivity index (χ0n) is 13.4. The van der Waals surface area contributed by atoms with Gasteiger partial charge < -0.3 is 15.2 Å². The van der Waals surface area contributed by atoms with Gasteiger partial charge in [0, 0.05) is 20.3 Å². The number of methoxy groups -OCH3 is 1. The lowest BCUT2D eigenvalue weighted by Gasteiger charge is -2.06. The molecule has 1 aromatic heterocycles. The topological polar surface area (TPSA) is 101 Å². The first kappa shape index (κ1) is 19.7. The van der Waals surface area contributed by atoms with Gasteiger partial charge in [0.2, 0.25) is 0 Å². The van der Waals surface area contributed by atoms with Crippen LogP contribution in [0, 0.1) is 0 Å². The molecule has 0 atom stereocenters. The molecule has 1 aromatic rings. The van der Waals surface area contributed by atoms with Crippen molar-refractivity contribution in [1.82, 2.24) is 9.69 Å². The molecule has 0 unspecified atom stereocenters. The third kappa shape index (κ3) is 7.19. The predicted octanol–water partition coefficient (Wildman–Crippen LogP) is 3.28. The number of anilines is 1. The van der Waals surface area contributed by atoms with Crippen molar-refractivity contribution in [1.29, 1.82) is 0 Å². The Morgan fingerprint density at radius 3 is 2.78 bits per heavy atom. The zero-order chi connectivity index (χ0) is 17.1.